The normalized spacial score (nSPS) is 26.3. The summed E-state index contributed by atoms with van der Waals surface area (Å²) in [6.45, 7) is 1.27. The molecule has 0 radical (unpaired) electrons. The van der Waals surface area contributed by atoms with Crippen molar-refractivity contribution in [2.24, 2.45) is 0 Å². The molecule has 0 aromatic heterocycles. The predicted molar refractivity (Wildman–Crippen MR) is 109 cm³/mol. The highest BCUT2D eigenvalue weighted by molar-refractivity contribution is 8.02. The van der Waals surface area contributed by atoms with Crippen LogP contribution in [0.25, 0.3) is 0 Å². The van der Waals surface area contributed by atoms with Crippen LogP contribution in [-0.2, 0) is 25.5 Å². The summed E-state index contributed by atoms with van der Waals surface area (Å²) >= 11 is 18.1. The van der Waals surface area contributed by atoms with Gasteiger partial charge in [0.25, 0.3) is 5.91 Å². The van der Waals surface area contributed by atoms with E-state index in [0.29, 0.717) is 0 Å². The third-order valence-corrected chi connectivity index (χ3v) is 6.16. The Morgan fingerprint density at radius 3 is 2.61 bits per heavy atom. The lowest BCUT2D eigenvalue weighted by Gasteiger charge is -2.49. The number of rotatable bonds is 5. The van der Waals surface area contributed by atoms with Crippen LogP contribution in [0.2, 0.25) is 0 Å². The molecule has 150 valence electrons. The van der Waals surface area contributed by atoms with Gasteiger partial charge in [0.05, 0.1) is 6.42 Å². The zero-order chi connectivity index (χ0) is 20.5. The van der Waals surface area contributed by atoms with E-state index < -0.39 is 25.9 Å². The van der Waals surface area contributed by atoms with Gasteiger partial charge in [-0.3, -0.25) is 14.4 Å². The van der Waals surface area contributed by atoms with Crippen LogP contribution in [0, 0.1) is 0 Å². The molecule has 0 aliphatic carbocycles. The molecule has 2 aliphatic heterocycles. The quantitative estimate of drug-likeness (QED) is 0.413. The van der Waals surface area contributed by atoms with Crippen molar-refractivity contribution in [1.29, 1.82) is 0 Å². The van der Waals surface area contributed by atoms with Gasteiger partial charge in [0, 0.05) is 6.20 Å². The van der Waals surface area contributed by atoms with E-state index in [1.54, 1.807) is 13.0 Å². The van der Waals surface area contributed by atoms with Gasteiger partial charge in [0.2, 0.25) is 9.70 Å². The Morgan fingerprint density at radius 2 is 1.96 bits per heavy atom. The van der Waals surface area contributed by atoms with E-state index >= 15 is 0 Å². The van der Waals surface area contributed by atoms with Gasteiger partial charge in [0.1, 0.15) is 22.8 Å². The Bertz CT molecular complexity index is 815. The average molecular weight is 464 g/mol. The smallest absolute Gasteiger partial charge is 0.326 e. The fourth-order valence-electron chi connectivity index (χ4n) is 2.83. The monoisotopic (exact) mass is 462 g/mol. The van der Waals surface area contributed by atoms with Crippen molar-refractivity contribution in [1.82, 2.24) is 10.2 Å². The molecule has 0 saturated carbocycles. The van der Waals surface area contributed by atoms with Crippen LogP contribution in [0.4, 0.5) is 0 Å². The first-order valence-corrected chi connectivity index (χ1v) is 10.4. The van der Waals surface area contributed by atoms with Gasteiger partial charge in [0.15, 0.2) is 0 Å². The molecule has 10 heteroatoms. The Hall–Kier alpha value is -1.41. The van der Waals surface area contributed by atoms with Crippen molar-refractivity contribution in [2.75, 3.05) is 6.61 Å². The lowest BCUT2D eigenvalue weighted by molar-refractivity contribution is -0.147. The number of fused-ring (bicyclic) bond motifs is 1. The third kappa shape index (κ3) is 4.76. The number of carbonyl (C=O) groups excluding carboxylic acids is 3. The van der Waals surface area contributed by atoms with Gasteiger partial charge >= 0.3 is 5.97 Å². The summed E-state index contributed by atoms with van der Waals surface area (Å²) in [7, 11) is 0. The summed E-state index contributed by atoms with van der Waals surface area (Å²) in [6, 6.07) is 8.51. The predicted octanol–water partition coefficient (Wildman–Crippen LogP) is 2.81. The lowest BCUT2D eigenvalue weighted by Crippen LogP contribution is -2.69. The van der Waals surface area contributed by atoms with Gasteiger partial charge in [-0.1, -0.05) is 65.1 Å². The molecule has 3 atom stereocenters. The highest BCUT2D eigenvalue weighted by Crippen LogP contribution is 2.44. The Kier molecular flexibility index (Phi) is 6.20. The highest BCUT2D eigenvalue weighted by atomic mass is 35.6. The molecule has 2 unspecified atom stereocenters. The minimum absolute atomic E-state index is 0.167. The SMILES string of the molecule is CC1(C(=O)OCC(Cl)(Cl)Cl)C=CN2C(=O)C(NC(=O)Cc3ccccc3)[C@H]2S1. The fourth-order valence-corrected chi connectivity index (χ4v) is 4.40. The van der Waals surface area contributed by atoms with Gasteiger partial charge in [-0.15, -0.1) is 11.8 Å². The van der Waals surface area contributed by atoms with Gasteiger partial charge in [-0.2, -0.15) is 0 Å². The van der Waals surface area contributed by atoms with E-state index in [4.69, 9.17) is 39.5 Å². The molecule has 2 amide bonds. The minimum atomic E-state index is -1.71. The molecule has 3 rings (SSSR count). The summed E-state index contributed by atoms with van der Waals surface area (Å²) in [4.78, 5) is 38.5. The van der Waals surface area contributed by atoms with Crippen LogP contribution < -0.4 is 5.32 Å². The minimum Gasteiger partial charge on any atom is -0.460 e. The average Bonchev–Trinajstić information content (AvgIpc) is 2.64. The Labute approximate surface area is 181 Å². The summed E-state index contributed by atoms with van der Waals surface area (Å²) in [6.07, 6.45) is 3.26. The first kappa shape index (κ1) is 21.3. The summed E-state index contributed by atoms with van der Waals surface area (Å²) in [5, 5.41) is 2.33. The number of β-lactam (4-membered cyclic amide) rings is 1. The second-order valence-electron chi connectivity index (χ2n) is 6.58. The summed E-state index contributed by atoms with van der Waals surface area (Å²) in [5.41, 5.74) is 0.847. The van der Waals surface area contributed by atoms with Gasteiger partial charge in [-0.05, 0) is 18.6 Å². The number of nitrogens with zero attached hydrogens (tertiary/aromatic N) is 1. The van der Waals surface area contributed by atoms with Crippen molar-refractivity contribution in [2.45, 2.75) is 33.3 Å². The number of hydrogen-bond donors (Lipinski definition) is 1. The van der Waals surface area contributed by atoms with Crippen LogP contribution in [0.5, 0.6) is 0 Å². The maximum Gasteiger partial charge on any atom is 0.326 e. The number of esters is 1. The van der Waals surface area contributed by atoms with Crippen molar-refractivity contribution in [3.63, 3.8) is 0 Å². The molecule has 2 aliphatic rings. The van der Waals surface area contributed by atoms with Gasteiger partial charge in [-0.25, -0.2) is 0 Å². The maximum absolute atomic E-state index is 12.4. The number of amides is 2. The molecule has 0 spiro atoms. The fraction of sp³-hybridized carbons (Fsp3) is 0.389. The number of alkyl halides is 3. The number of halogens is 3. The number of ether oxygens (including phenoxy) is 1. The highest BCUT2D eigenvalue weighted by Gasteiger charge is 2.54. The van der Waals surface area contributed by atoms with Crippen LogP contribution in [0.3, 0.4) is 0 Å². The zero-order valence-electron chi connectivity index (χ0n) is 14.7. The Balaban J connectivity index is 1.62. The lowest BCUT2D eigenvalue weighted by atomic mass is 10.0. The van der Waals surface area contributed by atoms with E-state index in [1.165, 1.54) is 22.9 Å². The molecular weight excluding hydrogens is 447 g/mol. The molecule has 2 heterocycles. The molecule has 0 bridgehead atoms. The molecule has 1 saturated heterocycles. The standard InChI is InChI=1S/C18H17Cl3N2O4S/c1-17(16(26)27-10-18(19,20)21)7-8-23-14(25)13(15(23)28-17)22-12(24)9-11-5-3-2-4-6-11/h2-8,13,15H,9-10H2,1H3,(H,22,24)/t13?,15-,17?/m1/s1. The van der Waals surface area contributed by atoms with Crippen LogP contribution >= 0.6 is 46.6 Å². The third-order valence-electron chi connectivity index (χ3n) is 4.29. The van der Waals surface area contributed by atoms with Crippen molar-refractivity contribution < 1.29 is 19.1 Å². The first-order valence-electron chi connectivity index (χ1n) is 8.36. The second kappa shape index (κ2) is 8.14. The maximum atomic E-state index is 12.4. The van der Waals surface area contributed by atoms with Crippen LogP contribution in [0.1, 0.15) is 12.5 Å². The van der Waals surface area contributed by atoms with Gasteiger partial charge < -0.3 is 15.0 Å². The van der Waals surface area contributed by atoms with Crippen molar-refractivity contribution in [3.05, 3.63) is 48.2 Å². The molecule has 1 fully saturated rings. The summed E-state index contributed by atoms with van der Waals surface area (Å²) < 4.78 is 2.31. The number of nitrogens with one attached hydrogen (secondary N) is 1. The van der Waals surface area contributed by atoms with Crippen molar-refractivity contribution in [3.8, 4) is 0 Å². The Morgan fingerprint density at radius 1 is 1.29 bits per heavy atom. The van der Waals surface area contributed by atoms with E-state index in [-0.39, 0.29) is 24.8 Å². The van der Waals surface area contributed by atoms with Crippen molar-refractivity contribution >= 4 is 64.3 Å². The topological polar surface area (TPSA) is 75.7 Å². The van der Waals surface area contributed by atoms with E-state index in [2.05, 4.69) is 5.32 Å². The first-order chi connectivity index (χ1) is 13.1. The summed E-state index contributed by atoms with van der Waals surface area (Å²) in [5.74, 6) is -1.08. The molecule has 1 aromatic carbocycles. The molecule has 28 heavy (non-hydrogen) atoms. The van der Waals surface area contributed by atoms with E-state index in [0.717, 1.165) is 5.56 Å². The molecule has 1 N–H and O–H groups in total. The molecule has 1 aromatic rings. The van der Waals surface area contributed by atoms with E-state index in [1.807, 2.05) is 30.3 Å². The number of thioether (sulfide) groups is 1. The number of hydrogen-bond acceptors (Lipinski definition) is 5. The van der Waals surface area contributed by atoms with Crippen LogP contribution in [0.15, 0.2) is 42.6 Å². The molecule has 6 nitrogen and oxygen atoms in total. The zero-order valence-corrected chi connectivity index (χ0v) is 17.8. The second-order valence-corrected chi connectivity index (χ2v) is 10.7. The largest absolute Gasteiger partial charge is 0.460 e. The molecular formula is C18H17Cl3N2O4S. The number of carbonyl (C=O) groups is 3. The number of benzene rings is 1. The van der Waals surface area contributed by atoms with Crippen LogP contribution in [-0.4, -0.2) is 49.2 Å². The van der Waals surface area contributed by atoms with E-state index in [9.17, 15) is 14.4 Å².